The molecule has 0 amide bonds. The molecule has 0 unspecified atom stereocenters. The maximum atomic E-state index is 2.47. The number of hydrogen-bond acceptors (Lipinski definition) is 1. The van der Waals surface area contributed by atoms with Gasteiger partial charge in [-0.15, -0.1) is 0 Å². The van der Waals surface area contributed by atoms with Crippen LogP contribution in [0, 0.1) is 0 Å². The first kappa shape index (κ1) is 13.0. The highest BCUT2D eigenvalue weighted by Gasteiger charge is 2.07. The monoisotopic (exact) mass is 217 g/mol. The molecule has 0 aliphatic rings. The number of allylic oxidation sites excluding steroid dienone is 1. The van der Waals surface area contributed by atoms with E-state index in [0.29, 0.717) is 6.04 Å². The van der Waals surface area contributed by atoms with Crippen LogP contribution in [0.25, 0.3) is 0 Å². The third kappa shape index (κ3) is 4.63. The van der Waals surface area contributed by atoms with E-state index in [9.17, 15) is 0 Å². The summed E-state index contributed by atoms with van der Waals surface area (Å²) in [6.45, 7) is 10.9. The first-order chi connectivity index (χ1) is 7.59. The Morgan fingerprint density at radius 3 is 2.31 bits per heavy atom. The molecule has 1 aromatic rings. The van der Waals surface area contributed by atoms with Gasteiger partial charge in [-0.25, -0.2) is 0 Å². The van der Waals surface area contributed by atoms with Gasteiger partial charge < -0.3 is 0 Å². The molecule has 1 aromatic carbocycles. The summed E-state index contributed by atoms with van der Waals surface area (Å²) in [5.74, 6) is 0. The second kappa shape index (κ2) is 6.49. The molecule has 0 N–H and O–H groups in total. The van der Waals surface area contributed by atoms with Crippen molar-refractivity contribution in [3.8, 4) is 0 Å². The Bertz CT molecular complexity index is 321. The van der Waals surface area contributed by atoms with Crippen LogP contribution in [0.5, 0.6) is 0 Å². The minimum absolute atomic E-state index is 0.579. The van der Waals surface area contributed by atoms with Crippen molar-refractivity contribution in [3.63, 3.8) is 0 Å². The van der Waals surface area contributed by atoms with Crippen LogP contribution in [0.4, 0.5) is 0 Å². The molecule has 0 heterocycles. The van der Waals surface area contributed by atoms with Gasteiger partial charge in [0, 0.05) is 19.1 Å². The highest BCUT2D eigenvalue weighted by atomic mass is 15.1. The van der Waals surface area contributed by atoms with Crippen molar-refractivity contribution in [3.05, 3.63) is 47.5 Å². The van der Waals surface area contributed by atoms with E-state index in [0.717, 1.165) is 13.1 Å². The largest absolute Gasteiger partial charge is 0.293 e. The van der Waals surface area contributed by atoms with Crippen molar-refractivity contribution in [2.75, 3.05) is 6.54 Å². The average molecular weight is 217 g/mol. The van der Waals surface area contributed by atoms with Gasteiger partial charge in [-0.3, -0.25) is 4.90 Å². The molecule has 0 saturated carbocycles. The average Bonchev–Trinajstić information content (AvgIpc) is 2.25. The second-order valence-electron chi connectivity index (χ2n) is 4.79. The number of rotatable bonds is 5. The predicted octanol–water partition coefficient (Wildman–Crippen LogP) is 3.86. The topological polar surface area (TPSA) is 3.24 Å². The first-order valence-electron chi connectivity index (χ1n) is 6.01. The summed E-state index contributed by atoms with van der Waals surface area (Å²) < 4.78 is 0. The fourth-order valence-corrected chi connectivity index (χ4v) is 1.58. The minimum atomic E-state index is 0.579. The summed E-state index contributed by atoms with van der Waals surface area (Å²) in [5.41, 5.74) is 2.78. The van der Waals surface area contributed by atoms with Crippen LogP contribution in [0.2, 0.25) is 0 Å². The summed E-state index contributed by atoms with van der Waals surface area (Å²) >= 11 is 0. The van der Waals surface area contributed by atoms with Crippen LogP contribution < -0.4 is 0 Å². The fourth-order valence-electron chi connectivity index (χ4n) is 1.58. The Labute approximate surface area is 99.8 Å². The molecule has 16 heavy (non-hydrogen) atoms. The maximum absolute atomic E-state index is 2.47. The molecule has 0 fully saturated rings. The highest BCUT2D eigenvalue weighted by molar-refractivity contribution is 5.14. The lowest BCUT2D eigenvalue weighted by Gasteiger charge is -2.25. The van der Waals surface area contributed by atoms with Crippen molar-refractivity contribution < 1.29 is 0 Å². The van der Waals surface area contributed by atoms with Crippen LogP contribution in [0.1, 0.15) is 33.3 Å². The minimum Gasteiger partial charge on any atom is -0.293 e. The Balaban J connectivity index is 2.62. The fraction of sp³-hybridized carbons (Fsp3) is 0.467. The van der Waals surface area contributed by atoms with E-state index in [1.165, 1.54) is 11.1 Å². The van der Waals surface area contributed by atoms with E-state index < -0.39 is 0 Å². The Morgan fingerprint density at radius 1 is 1.19 bits per heavy atom. The summed E-state index contributed by atoms with van der Waals surface area (Å²) in [6.07, 6.45) is 2.29. The molecule has 0 radical (unpaired) electrons. The number of hydrogen-bond donors (Lipinski definition) is 0. The van der Waals surface area contributed by atoms with Crippen LogP contribution in [0.15, 0.2) is 42.0 Å². The lowest BCUT2D eigenvalue weighted by molar-refractivity contribution is 0.237. The molecule has 1 heteroatoms. The highest BCUT2D eigenvalue weighted by Crippen LogP contribution is 2.08. The van der Waals surface area contributed by atoms with Crippen LogP contribution in [-0.4, -0.2) is 17.5 Å². The predicted molar refractivity (Wildman–Crippen MR) is 71.4 cm³/mol. The van der Waals surface area contributed by atoms with E-state index in [-0.39, 0.29) is 0 Å². The molecule has 0 saturated heterocycles. The standard InChI is InChI=1S/C15H23N/c1-13(2)10-11-16(14(3)4)12-15-8-6-5-7-9-15/h5-10,14H,11-12H2,1-4H3. The second-order valence-corrected chi connectivity index (χ2v) is 4.79. The Kier molecular flexibility index (Phi) is 5.27. The van der Waals surface area contributed by atoms with Gasteiger partial charge in [0.05, 0.1) is 0 Å². The van der Waals surface area contributed by atoms with Gasteiger partial charge in [0.15, 0.2) is 0 Å². The van der Waals surface area contributed by atoms with Crippen molar-refractivity contribution >= 4 is 0 Å². The van der Waals surface area contributed by atoms with Crippen molar-refractivity contribution in [2.24, 2.45) is 0 Å². The summed E-state index contributed by atoms with van der Waals surface area (Å²) in [4.78, 5) is 2.47. The SMILES string of the molecule is CC(C)=CCN(Cc1ccccc1)C(C)C. The van der Waals surface area contributed by atoms with E-state index in [1.54, 1.807) is 0 Å². The lowest BCUT2D eigenvalue weighted by atomic mass is 10.2. The summed E-state index contributed by atoms with van der Waals surface area (Å²) in [5, 5.41) is 0. The molecule has 0 spiro atoms. The van der Waals surface area contributed by atoms with Gasteiger partial charge in [-0.2, -0.15) is 0 Å². The van der Waals surface area contributed by atoms with Crippen LogP contribution in [-0.2, 0) is 6.54 Å². The zero-order valence-corrected chi connectivity index (χ0v) is 10.9. The van der Waals surface area contributed by atoms with Gasteiger partial charge in [0.2, 0.25) is 0 Å². The Hall–Kier alpha value is -1.08. The normalized spacial score (nSPS) is 10.9. The van der Waals surface area contributed by atoms with Crippen LogP contribution in [0.3, 0.4) is 0 Å². The maximum Gasteiger partial charge on any atom is 0.0239 e. The molecule has 1 rings (SSSR count). The quantitative estimate of drug-likeness (QED) is 0.677. The van der Waals surface area contributed by atoms with Gasteiger partial charge in [0.25, 0.3) is 0 Å². The van der Waals surface area contributed by atoms with E-state index in [1.807, 2.05) is 0 Å². The molecular formula is C15H23N. The zero-order valence-electron chi connectivity index (χ0n) is 10.9. The molecule has 0 aliphatic carbocycles. The zero-order chi connectivity index (χ0) is 12.0. The summed E-state index contributed by atoms with van der Waals surface area (Å²) in [7, 11) is 0. The van der Waals surface area contributed by atoms with Crippen molar-refractivity contribution in [2.45, 2.75) is 40.3 Å². The van der Waals surface area contributed by atoms with Gasteiger partial charge in [-0.05, 0) is 33.3 Å². The van der Waals surface area contributed by atoms with Gasteiger partial charge in [0.1, 0.15) is 0 Å². The Morgan fingerprint density at radius 2 is 1.81 bits per heavy atom. The smallest absolute Gasteiger partial charge is 0.0239 e. The molecule has 0 aromatic heterocycles. The van der Waals surface area contributed by atoms with Gasteiger partial charge in [-0.1, -0.05) is 42.0 Å². The third-order valence-corrected chi connectivity index (χ3v) is 2.69. The lowest BCUT2D eigenvalue weighted by Crippen LogP contribution is -2.30. The van der Waals surface area contributed by atoms with E-state index in [4.69, 9.17) is 0 Å². The van der Waals surface area contributed by atoms with E-state index in [2.05, 4.69) is 69.0 Å². The third-order valence-electron chi connectivity index (χ3n) is 2.69. The first-order valence-corrected chi connectivity index (χ1v) is 6.01. The van der Waals surface area contributed by atoms with Gasteiger partial charge >= 0.3 is 0 Å². The van der Waals surface area contributed by atoms with Crippen molar-refractivity contribution in [1.29, 1.82) is 0 Å². The number of benzene rings is 1. The number of nitrogens with zero attached hydrogens (tertiary/aromatic N) is 1. The molecule has 88 valence electrons. The molecule has 0 aliphatic heterocycles. The molecule has 1 nitrogen and oxygen atoms in total. The van der Waals surface area contributed by atoms with Crippen LogP contribution >= 0.6 is 0 Å². The van der Waals surface area contributed by atoms with E-state index >= 15 is 0 Å². The molecule has 0 atom stereocenters. The summed E-state index contributed by atoms with van der Waals surface area (Å²) in [6, 6.07) is 11.2. The molecule has 0 bridgehead atoms. The van der Waals surface area contributed by atoms with Crippen molar-refractivity contribution in [1.82, 2.24) is 4.90 Å². The molecular weight excluding hydrogens is 194 g/mol.